The van der Waals surface area contributed by atoms with Gasteiger partial charge in [0.1, 0.15) is 5.75 Å². The zero-order chi connectivity index (χ0) is 12.0. The van der Waals surface area contributed by atoms with Crippen LogP contribution in [0.3, 0.4) is 0 Å². The molecular formula is C13H18O3. The molecule has 0 aliphatic carbocycles. The van der Waals surface area contributed by atoms with Gasteiger partial charge in [-0.05, 0) is 36.6 Å². The maximum atomic E-state index is 10.9. The van der Waals surface area contributed by atoms with Crippen LogP contribution in [0, 0.1) is 0 Å². The van der Waals surface area contributed by atoms with Gasteiger partial charge in [0.25, 0.3) is 0 Å². The molecule has 0 amide bonds. The van der Waals surface area contributed by atoms with Gasteiger partial charge in [-0.1, -0.05) is 20.3 Å². The number of benzene rings is 1. The Balaban J connectivity index is 2.78. The molecule has 0 heterocycles. The van der Waals surface area contributed by atoms with E-state index in [0.29, 0.717) is 18.6 Å². The zero-order valence-electron chi connectivity index (χ0n) is 9.82. The largest absolute Gasteiger partial charge is 0.494 e. The van der Waals surface area contributed by atoms with E-state index in [4.69, 9.17) is 9.84 Å². The fraction of sp³-hybridized carbons (Fsp3) is 0.462. The summed E-state index contributed by atoms with van der Waals surface area (Å²) in [4.78, 5) is 10.9. The van der Waals surface area contributed by atoms with Crippen molar-refractivity contribution in [1.29, 1.82) is 0 Å². The van der Waals surface area contributed by atoms with Crippen LogP contribution in [0.25, 0.3) is 0 Å². The van der Waals surface area contributed by atoms with Crippen molar-refractivity contribution in [3.63, 3.8) is 0 Å². The molecule has 0 bridgehead atoms. The number of ether oxygens (including phenoxy) is 1. The van der Waals surface area contributed by atoms with Crippen LogP contribution in [0.2, 0.25) is 0 Å². The third-order valence-corrected chi connectivity index (χ3v) is 2.45. The third kappa shape index (κ3) is 3.26. The van der Waals surface area contributed by atoms with Crippen molar-refractivity contribution in [2.24, 2.45) is 0 Å². The lowest BCUT2D eigenvalue weighted by atomic mass is 10.1. The average Bonchev–Trinajstić information content (AvgIpc) is 2.29. The van der Waals surface area contributed by atoms with Gasteiger partial charge < -0.3 is 9.84 Å². The second-order valence-electron chi connectivity index (χ2n) is 3.68. The minimum atomic E-state index is -0.878. The van der Waals surface area contributed by atoms with Crippen LogP contribution in [-0.4, -0.2) is 17.7 Å². The van der Waals surface area contributed by atoms with Crippen molar-refractivity contribution >= 4 is 5.97 Å². The molecule has 3 nitrogen and oxygen atoms in total. The van der Waals surface area contributed by atoms with Crippen LogP contribution in [0.4, 0.5) is 0 Å². The number of aromatic carboxylic acids is 1. The van der Waals surface area contributed by atoms with E-state index in [0.717, 1.165) is 24.2 Å². The molecular weight excluding hydrogens is 204 g/mol. The summed E-state index contributed by atoms with van der Waals surface area (Å²) in [6, 6.07) is 5.15. The van der Waals surface area contributed by atoms with Crippen molar-refractivity contribution in [3.05, 3.63) is 29.3 Å². The van der Waals surface area contributed by atoms with E-state index in [-0.39, 0.29) is 0 Å². The van der Waals surface area contributed by atoms with Crippen molar-refractivity contribution in [3.8, 4) is 5.75 Å². The predicted octanol–water partition coefficient (Wildman–Crippen LogP) is 3.13. The summed E-state index contributed by atoms with van der Waals surface area (Å²) in [7, 11) is 0. The summed E-state index contributed by atoms with van der Waals surface area (Å²) >= 11 is 0. The van der Waals surface area contributed by atoms with Crippen LogP contribution < -0.4 is 4.74 Å². The number of carboxylic acids is 1. The number of hydrogen-bond acceptors (Lipinski definition) is 2. The van der Waals surface area contributed by atoms with E-state index in [1.165, 1.54) is 0 Å². The Morgan fingerprint density at radius 1 is 1.38 bits per heavy atom. The minimum absolute atomic E-state index is 0.366. The van der Waals surface area contributed by atoms with Crippen molar-refractivity contribution in [2.75, 3.05) is 6.61 Å². The SMILES string of the molecule is CCCCOc1ccc(C(=O)O)c(CC)c1. The lowest BCUT2D eigenvalue weighted by molar-refractivity contribution is 0.0695. The van der Waals surface area contributed by atoms with Crippen LogP contribution in [0.5, 0.6) is 5.75 Å². The van der Waals surface area contributed by atoms with Gasteiger partial charge in [-0.2, -0.15) is 0 Å². The van der Waals surface area contributed by atoms with E-state index < -0.39 is 5.97 Å². The highest BCUT2D eigenvalue weighted by Gasteiger charge is 2.09. The molecule has 1 N–H and O–H groups in total. The highest BCUT2D eigenvalue weighted by Crippen LogP contribution is 2.19. The molecule has 1 aromatic carbocycles. The first kappa shape index (κ1) is 12.6. The van der Waals surface area contributed by atoms with E-state index in [2.05, 4.69) is 6.92 Å². The van der Waals surface area contributed by atoms with Gasteiger partial charge in [0.05, 0.1) is 12.2 Å². The molecule has 0 aromatic heterocycles. The molecule has 0 atom stereocenters. The Bertz CT molecular complexity index is 358. The third-order valence-electron chi connectivity index (χ3n) is 2.45. The molecule has 0 aliphatic rings. The first-order valence-corrected chi connectivity index (χ1v) is 5.68. The molecule has 0 unspecified atom stereocenters. The lowest BCUT2D eigenvalue weighted by Crippen LogP contribution is -2.03. The lowest BCUT2D eigenvalue weighted by Gasteiger charge is -2.09. The highest BCUT2D eigenvalue weighted by molar-refractivity contribution is 5.89. The average molecular weight is 222 g/mol. The van der Waals surface area contributed by atoms with Crippen LogP contribution >= 0.6 is 0 Å². The Kier molecular flexibility index (Phi) is 4.83. The minimum Gasteiger partial charge on any atom is -0.494 e. The normalized spacial score (nSPS) is 10.1. The fourth-order valence-electron chi connectivity index (χ4n) is 1.50. The van der Waals surface area contributed by atoms with Gasteiger partial charge >= 0.3 is 5.97 Å². The molecule has 1 aromatic rings. The van der Waals surface area contributed by atoms with Gasteiger partial charge in [-0.3, -0.25) is 0 Å². The van der Waals surface area contributed by atoms with Crippen LogP contribution in [0.15, 0.2) is 18.2 Å². The zero-order valence-corrected chi connectivity index (χ0v) is 9.82. The molecule has 0 saturated heterocycles. The number of aryl methyl sites for hydroxylation is 1. The fourth-order valence-corrected chi connectivity index (χ4v) is 1.50. The van der Waals surface area contributed by atoms with Crippen molar-refractivity contribution in [1.82, 2.24) is 0 Å². The van der Waals surface area contributed by atoms with Crippen LogP contribution in [-0.2, 0) is 6.42 Å². The Labute approximate surface area is 96.1 Å². The number of carbonyl (C=O) groups is 1. The van der Waals surface area contributed by atoms with Gasteiger partial charge in [-0.15, -0.1) is 0 Å². The standard InChI is InChI=1S/C13H18O3/c1-3-5-8-16-11-6-7-12(13(14)15)10(4-2)9-11/h6-7,9H,3-5,8H2,1-2H3,(H,14,15). The van der Waals surface area contributed by atoms with E-state index in [9.17, 15) is 4.79 Å². The molecule has 0 aliphatic heterocycles. The number of carboxylic acid groups (broad SMARTS) is 1. The maximum Gasteiger partial charge on any atom is 0.335 e. The maximum absolute atomic E-state index is 10.9. The molecule has 1 rings (SSSR count). The summed E-state index contributed by atoms with van der Waals surface area (Å²) in [6.45, 7) is 4.73. The van der Waals surface area contributed by atoms with Gasteiger partial charge in [0.2, 0.25) is 0 Å². The second kappa shape index (κ2) is 6.16. The molecule has 3 heteroatoms. The van der Waals surface area contributed by atoms with Crippen LogP contribution in [0.1, 0.15) is 42.6 Å². The quantitative estimate of drug-likeness (QED) is 0.752. The van der Waals surface area contributed by atoms with Gasteiger partial charge in [0, 0.05) is 0 Å². The second-order valence-corrected chi connectivity index (χ2v) is 3.68. The van der Waals surface area contributed by atoms with Crippen molar-refractivity contribution < 1.29 is 14.6 Å². The molecule has 0 saturated carbocycles. The molecule has 0 fully saturated rings. The monoisotopic (exact) mass is 222 g/mol. The van der Waals surface area contributed by atoms with Gasteiger partial charge in [-0.25, -0.2) is 4.79 Å². The summed E-state index contributed by atoms with van der Waals surface area (Å²) in [5, 5.41) is 8.96. The topological polar surface area (TPSA) is 46.5 Å². The molecule has 88 valence electrons. The number of hydrogen-bond donors (Lipinski definition) is 1. The highest BCUT2D eigenvalue weighted by atomic mass is 16.5. The van der Waals surface area contributed by atoms with Crippen molar-refractivity contribution in [2.45, 2.75) is 33.1 Å². The first-order chi connectivity index (χ1) is 7.69. The number of rotatable bonds is 6. The molecule has 0 radical (unpaired) electrons. The van der Waals surface area contributed by atoms with Gasteiger partial charge in [0.15, 0.2) is 0 Å². The summed E-state index contributed by atoms with van der Waals surface area (Å²) in [5.41, 5.74) is 1.19. The first-order valence-electron chi connectivity index (χ1n) is 5.68. The summed E-state index contributed by atoms with van der Waals surface area (Å²) in [6.07, 6.45) is 2.81. The predicted molar refractivity (Wildman–Crippen MR) is 63.2 cm³/mol. The Hall–Kier alpha value is -1.51. The summed E-state index contributed by atoms with van der Waals surface area (Å²) in [5.74, 6) is -0.118. The van der Waals surface area contributed by atoms with E-state index in [1.807, 2.05) is 13.0 Å². The molecule has 0 spiro atoms. The van der Waals surface area contributed by atoms with E-state index >= 15 is 0 Å². The Morgan fingerprint density at radius 2 is 2.12 bits per heavy atom. The number of unbranched alkanes of at least 4 members (excludes halogenated alkanes) is 1. The Morgan fingerprint density at radius 3 is 2.69 bits per heavy atom. The molecule has 16 heavy (non-hydrogen) atoms. The van der Waals surface area contributed by atoms with E-state index in [1.54, 1.807) is 12.1 Å². The smallest absolute Gasteiger partial charge is 0.335 e. The summed E-state index contributed by atoms with van der Waals surface area (Å²) < 4.78 is 5.53.